The first-order valence-corrected chi connectivity index (χ1v) is 3.26. The molecule has 0 amide bonds. The molecule has 0 unspecified atom stereocenters. The molecule has 0 aliphatic carbocycles. The molecule has 0 bridgehead atoms. The molecule has 56 valence electrons. The maximum Gasteiger partial charge on any atom is 1.00 e. The fourth-order valence-corrected chi connectivity index (χ4v) is 1.02. The van der Waals surface area contributed by atoms with E-state index in [0.29, 0.717) is 0 Å². The van der Waals surface area contributed by atoms with Crippen molar-refractivity contribution in [3.8, 4) is 0 Å². The van der Waals surface area contributed by atoms with Crippen LogP contribution in [0.4, 0.5) is 0 Å². The Kier molecular flexibility index (Phi) is 5.09. The summed E-state index contributed by atoms with van der Waals surface area (Å²) in [5.74, 6) is 0. The van der Waals surface area contributed by atoms with Crippen molar-refractivity contribution in [2.75, 3.05) is 0 Å². The van der Waals surface area contributed by atoms with Crippen LogP contribution < -0.4 is 29.6 Å². The van der Waals surface area contributed by atoms with E-state index in [1.54, 1.807) is 0 Å². The van der Waals surface area contributed by atoms with Crippen molar-refractivity contribution in [1.82, 2.24) is 4.98 Å². The van der Waals surface area contributed by atoms with E-state index in [-0.39, 0.29) is 35.0 Å². The van der Waals surface area contributed by atoms with Gasteiger partial charge >= 0.3 is 29.6 Å². The van der Waals surface area contributed by atoms with Crippen LogP contribution in [0.5, 0.6) is 0 Å². The van der Waals surface area contributed by atoms with Crippen molar-refractivity contribution >= 4 is 10.9 Å². The summed E-state index contributed by atoms with van der Waals surface area (Å²) in [7, 11) is 0. The van der Waals surface area contributed by atoms with Gasteiger partial charge < -0.3 is 5.48 Å². The van der Waals surface area contributed by atoms with E-state index in [1.165, 1.54) is 5.39 Å². The van der Waals surface area contributed by atoms with Crippen LogP contribution in [0.2, 0.25) is 0 Å². The fourth-order valence-electron chi connectivity index (χ4n) is 1.02. The molecule has 2 nitrogen and oxygen atoms in total. The molecule has 0 aliphatic rings. The van der Waals surface area contributed by atoms with Gasteiger partial charge in [-0.25, -0.2) is 0 Å². The smallest absolute Gasteiger partial charge is 0.870 e. The summed E-state index contributed by atoms with van der Waals surface area (Å²) in [5, 5.41) is 1.20. The Hall–Kier alpha value is -0.410. The molecule has 0 spiro atoms. The van der Waals surface area contributed by atoms with E-state index in [2.05, 4.69) is 17.1 Å². The second-order valence-electron chi connectivity index (χ2n) is 2.20. The molecule has 0 aliphatic heterocycles. The Bertz CT molecular complexity index is 286. The maximum absolute atomic E-state index is 4.18. The monoisotopic (exact) mass is 169 g/mol. The number of rotatable bonds is 0. The van der Waals surface area contributed by atoms with Gasteiger partial charge in [0.05, 0.1) is 5.52 Å². The number of nitrogens with zero attached hydrogens (tertiary/aromatic N) is 1. The van der Waals surface area contributed by atoms with Gasteiger partial charge in [-0.3, -0.25) is 4.98 Å². The van der Waals surface area contributed by atoms with Crippen LogP contribution in [0.3, 0.4) is 0 Å². The fraction of sp³-hybridized carbons (Fsp3) is 0. The second kappa shape index (κ2) is 5.27. The van der Waals surface area contributed by atoms with Crippen molar-refractivity contribution < 1.29 is 35.0 Å². The molecule has 1 N–H and O–H groups in total. The van der Waals surface area contributed by atoms with Crippen LogP contribution in [0.15, 0.2) is 42.6 Å². The maximum atomic E-state index is 4.18. The molecule has 0 fully saturated rings. The van der Waals surface area contributed by atoms with Crippen LogP contribution >= 0.6 is 0 Å². The first-order valence-electron chi connectivity index (χ1n) is 3.26. The van der Waals surface area contributed by atoms with Crippen molar-refractivity contribution in [3.63, 3.8) is 0 Å². The molecule has 1 heterocycles. The van der Waals surface area contributed by atoms with Gasteiger partial charge in [0, 0.05) is 11.6 Å². The number of benzene rings is 1. The minimum absolute atomic E-state index is 0. The minimum atomic E-state index is 0. The molecule has 0 radical (unpaired) electrons. The largest absolute Gasteiger partial charge is 1.00 e. The van der Waals surface area contributed by atoms with E-state index < -0.39 is 0 Å². The average Bonchev–Trinajstić information content (AvgIpc) is 2.05. The Balaban J connectivity index is 0.000000605. The number of para-hydroxylation sites is 1. The van der Waals surface area contributed by atoms with Gasteiger partial charge in [0.1, 0.15) is 0 Å². The summed E-state index contributed by atoms with van der Waals surface area (Å²) in [6.45, 7) is 0. The van der Waals surface area contributed by atoms with Crippen LogP contribution in [-0.2, 0) is 0 Å². The van der Waals surface area contributed by atoms with Crippen LogP contribution in [0.25, 0.3) is 10.9 Å². The number of aromatic nitrogens is 1. The van der Waals surface area contributed by atoms with E-state index in [1.807, 2.05) is 30.5 Å². The third-order valence-electron chi connectivity index (χ3n) is 1.51. The van der Waals surface area contributed by atoms with E-state index in [4.69, 9.17) is 0 Å². The number of hydrogen-bond acceptors (Lipinski definition) is 2. The molecule has 0 atom stereocenters. The van der Waals surface area contributed by atoms with Crippen molar-refractivity contribution in [2.24, 2.45) is 0 Å². The molecule has 0 saturated heterocycles. The molecular formula is C9H8NNaO. The number of fused-ring (bicyclic) bond motifs is 1. The zero-order valence-electron chi connectivity index (χ0n) is 6.94. The van der Waals surface area contributed by atoms with Gasteiger partial charge in [-0.15, -0.1) is 0 Å². The number of hydrogen-bond donors (Lipinski definition) is 0. The predicted octanol–water partition coefficient (Wildman–Crippen LogP) is -0.938. The van der Waals surface area contributed by atoms with Gasteiger partial charge in [0.25, 0.3) is 0 Å². The van der Waals surface area contributed by atoms with Gasteiger partial charge in [0.2, 0.25) is 0 Å². The summed E-state index contributed by atoms with van der Waals surface area (Å²) in [6.07, 6.45) is 1.81. The van der Waals surface area contributed by atoms with Gasteiger partial charge in [-0.2, -0.15) is 0 Å². The van der Waals surface area contributed by atoms with Crippen molar-refractivity contribution in [2.45, 2.75) is 0 Å². The first kappa shape index (κ1) is 11.6. The quantitative estimate of drug-likeness (QED) is 0.478. The van der Waals surface area contributed by atoms with E-state index in [0.717, 1.165) is 5.52 Å². The third kappa shape index (κ3) is 2.29. The molecule has 2 aromatic rings. The van der Waals surface area contributed by atoms with Gasteiger partial charge in [-0.1, -0.05) is 24.3 Å². The topological polar surface area (TPSA) is 42.9 Å². The third-order valence-corrected chi connectivity index (χ3v) is 1.51. The molecule has 1 aromatic heterocycles. The molecule has 0 saturated carbocycles. The van der Waals surface area contributed by atoms with E-state index in [9.17, 15) is 0 Å². The Morgan fingerprint density at radius 1 is 0.917 bits per heavy atom. The van der Waals surface area contributed by atoms with Crippen molar-refractivity contribution in [1.29, 1.82) is 0 Å². The summed E-state index contributed by atoms with van der Waals surface area (Å²) < 4.78 is 0. The standard InChI is InChI=1S/C9H7N.Na.H2O/c1-2-6-9-8(4-1)5-3-7-10-9;;/h1-7H;;1H2/q;+1;/p-1. The first-order chi connectivity index (χ1) is 4.97. The molecule has 3 heteroatoms. The zero-order chi connectivity index (χ0) is 6.81. The summed E-state index contributed by atoms with van der Waals surface area (Å²) in [6, 6.07) is 12.1. The second-order valence-corrected chi connectivity index (χ2v) is 2.20. The Morgan fingerprint density at radius 2 is 1.58 bits per heavy atom. The normalized spacial score (nSPS) is 8.33. The minimum Gasteiger partial charge on any atom is -0.870 e. The number of pyridine rings is 1. The predicted molar refractivity (Wildman–Crippen MR) is 43.7 cm³/mol. The average molecular weight is 169 g/mol. The van der Waals surface area contributed by atoms with Crippen LogP contribution in [-0.4, -0.2) is 10.5 Å². The molecule has 12 heavy (non-hydrogen) atoms. The SMILES string of the molecule is [Na+].[OH-].c1ccc2ncccc2c1. The van der Waals surface area contributed by atoms with Crippen LogP contribution in [0.1, 0.15) is 0 Å². The Labute approximate surface area is 93.2 Å². The molecular weight excluding hydrogens is 161 g/mol. The zero-order valence-corrected chi connectivity index (χ0v) is 8.94. The molecule has 1 aromatic carbocycles. The van der Waals surface area contributed by atoms with E-state index >= 15 is 0 Å². The van der Waals surface area contributed by atoms with Gasteiger partial charge in [0.15, 0.2) is 0 Å². The summed E-state index contributed by atoms with van der Waals surface area (Å²) in [5.41, 5.74) is 1.06. The summed E-state index contributed by atoms with van der Waals surface area (Å²) >= 11 is 0. The molecule has 2 rings (SSSR count). The Morgan fingerprint density at radius 3 is 2.33 bits per heavy atom. The van der Waals surface area contributed by atoms with Crippen LogP contribution in [0, 0.1) is 0 Å². The summed E-state index contributed by atoms with van der Waals surface area (Å²) in [4.78, 5) is 4.18. The van der Waals surface area contributed by atoms with Gasteiger partial charge in [-0.05, 0) is 12.1 Å². The van der Waals surface area contributed by atoms with Crippen molar-refractivity contribution in [3.05, 3.63) is 42.6 Å².